The highest BCUT2D eigenvalue weighted by atomic mass is 79.9. The summed E-state index contributed by atoms with van der Waals surface area (Å²) < 4.78 is 8.97. The van der Waals surface area contributed by atoms with Crippen molar-refractivity contribution in [2.24, 2.45) is 0 Å². The monoisotopic (exact) mass is 342 g/mol. The number of ether oxygens (including phenoxy) is 1. The number of fused-ring (bicyclic) bond motifs is 1. The minimum atomic E-state index is -0.104. The van der Waals surface area contributed by atoms with E-state index in [1.165, 1.54) is 0 Å². The molecule has 1 saturated heterocycles. The van der Waals surface area contributed by atoms with Crippen LogP contribution in [-0.2, 0) is 11.3 Å². The quantitative estimate of drug-likeness (QED) is 0.778. The van der Waals surface area contributed by atoms with Crippen molar-refractivity contribution in [3.8, 4) is 0 Å². The molecule has 0 N–H and O–H groups in total. The molecule has 102 valence electrons. The highest BCUT2D eigenvalue weighted by Crippen LogP contribution is 2.28. The second kappa shape index (κ2) is 5.43. The second-order valence-corrected chi connectivity index (χ2v) is 6.54. The van der Waals surface area contributed by atoms with Gasteiger partial charge in [-0.05, 0) is 38.0 Å². The fraction of sp³-hybridized carbons (Fsp3) is 0.500. The van der Waals surface area contributed by atoms with Crippen molar-refractivity contribution < 1.29 is 4.74 Å². The third kappa shape index (κ3) is 2.67. The summed E-state index contributed by atoms with van der Waals surface area (Å²) in [5.41, 5.74) is 2.11. The molecule has 0 aliphatic carbocycles. The van der Waals surface area contributed by atoms with Gasteiger partial charge in [0.2, 0.25) is 0 Å². The number of benzene rings is 1. The summed E-state index contributed by atoms with van der Waals surface area (Å²) in [7, 11) is 0. The van der Waals surface area contributed by atoms with Crippen LogP contribution in [0.5, 0.6) is 0 Å². The smallest absolute Gasteiger partial charge is 0.127 e. The average Bonchev–Trinajstić information content (AvgIpc) is 2.97. The minimum Gasteiger partial charge on any atom is -0.376 e. The Balaban J connectivity index is 2.05. The lowest BCUT2D eigenvalue weighted by molar-refractivity contribution is 0.0972. The molecule has 3 nitrogen and oxygen atoms in total. The van der Waals surface area contributed by atoms with Gasteiger partial charge in [0.15, 0.2) is 0 Å². The lowest BCUT2D eigenvalue weighted by Gasteiger charge is -2.15. The summed E-state index contributed by atoms with van der Waals surface area (Å²) in [5.74, 6) is 0.922. The maximum atomic E-state index is 6.27. The van der Waals surface area contributed by atoms with Crippen LogP contribution in [0.25, 0.3) is 11.0 Å². The van der Waals surface area contributed by atoms with E-state index in [0.29, 0.717) is 0 Å². The number of hydrogen-bond donors (Lipinski definition) is 0. The standard InChI is InChI=1S/C14H16BrClN2O/c1-9(16)14-17-12-7-10(15)4-5-13(12)18(14)8-11-3-2-6-19-11/h4-5,7,9,11H,2-3,6,8H2,1H3. The van der Waals surface area contributed by atoms with Gasteiger partial charge < -0.3 is 9.30 Å². The van der Waals surface area contributed by atoms with Crippen LogP contribution in [-0.4, -0.2) is 22.3 Å². The molecule has 1 aromatic carbocycles. The zero-order chi connectivity index (χ0) is 13.4. The Kier molecular flexibility index (Phi) is 3.83. The fourth-order valence-electron chi connectivity index (χ4n) is 2.61. The lowest BCUT2D eigenvalue weighted by atomic mass is 10.2. The summed E-state index contributed by atoms with van der Waals surface area (Å²) in [6, 6.07) is 6.16. The summed E-state index contributed by atoms with van der Waals surface area (Å²) in [5, 5.41) is -0.104. The number of hydrogen-bond acceptors (Lipinski definition) is 2. The predicted octanol–water partition coefficient (Wildman–Crippen LogP) is 4.28. The molecule has 2 unspecified atom stereocenters. The molecule has 3 rings (SSSR count). The van der Waals surface area contributed by atoms with Crippen molar-refractivity contribution in [3.63, 3.8) is 0 Å². The van der Waals surface area contributed by atoms with Gasteiger partial charge in [0.05, 0.1) is 29.1 Å². The Hall–Kier alpha value is -0.580. The van der Waals surface area contributed by atoms with Crippen molar-refractivity contribution in [2.75, 3.05) is 6.61 Å². The molecule has 5 heteroatoms. The molecule has 1 aliphatic rings. The van der Waals surface area contributed by atoms with Crippen molar-refractivity contribution in [3.05, 3.63) is 28.5 Å². The molecule has 1 fully saturated rings. The van der Waals surface area contributed by atoms with Crippen LogP contribution >= 0.6 is 27.5 Å². The largest absolute Gasteiger partial charge is 0.376 e. The van der Waals surface area contributed by atoms with E-state index in [4.69, 9.17) is 16.3 Å². The van der Waals surface area contributed by atoms with Crippen molar-refractivity contribution in [1.29, 1.82) is 0 Å². The molecule has 0 bridgehead atoms. The maximum Gasteiger partial charge on any atom is 0.127 e. The van der Waals surface area contributed by atoms with Crippen LogP contribution in [0.15, 0.2) is 22.7 Å². The summed E-state index contributed by atoms with van der Waals surface area (Å²) in [6.07, 6.45) is 2.55. The van der Waals surface area contributed by atoms with Gasteiger partial charge in [-0.3, -0.25) is 0 Å². The van der Waals surface area contributed by atoms with E-state index in [1.54, 1.807) is 0 Å². The van der Waals surface area contributed by atoms with Gasteiger partial charge in [-0.1, -0.05) is 15.9 Å². The molecule has 19 heavy (non-hydrogen) atoms. The first-order valence-electron chi connectivity index (χ1n) is 6.56. The molecular weight excluding hydrogens is 328 g/mol. The third-order valence-electron chi connectivity index (χ3n) is 3.51. The van der Waals surface area contributed by atoms with Crippen molar-refractivity contribution in [2.45, 2.75) is 37.8 Å². The SMILES string of the molecule is CC(Cl)c1nc2cc(Br)ccc2n1CC1CCCO1. The van der Waals surface area contributed by atoms with Gasteiger partial charge in [0.1, 0.15) is 5.82 Å². The molecule has 0 amide bonds. The van der Waals surface area contributed by atoms with Crippen LogP contribution in [0.4, 0.5) is 0 Å². The van der Waals surface area contributed by atoms with E-state index in [2.05, 4.69) is 31.5 Å². The van der Waals surface area contributed by atoms with Crippen molar-refractivity contribution in [1.82, 2.24) is 9.55 Å². The number of imidazole rings is 1. The Morgan fingerprint density at radius 2 is 2.42 bits per heavy atom. The summed E-state index contributed by atoms with van der Waals surface area (Å²) in [6.45, 7) is 3.67. The van der Waals surface area contributed by atoms with Crippen LogP contribution in [0.1, 0.15) is 31.0 Å². The molecule has 2 heterocycles. The zero-order valence-corrected chi connectivity index (χ0v) is 13.1. The molecule has 2 aromatic rings. The van der Waals surface area contributed by atoms with Gasteiger partial charge in [-0.2, -0.15) is 0 Å². The first-order chi connectivity index (χ1) is 9.15. The van der Waals surface area contributed by atoms with Crippen LogP contribution < -0.4 is 0 Å². The van der Waals surface area contributed by atoms with E-state index >= 15 is 0 Å². The number of nitrogens with zero attached hydrogens (tertiary/aromatic N) is 2. The summed E-state index contributed by atoms with van der Waals surface area (Å²) in [4.78, 5) is 4.66. The van der Waals surface area contributed by atoms with Crippen LogP contribution in [0.2, 0.25) is 0 Å². The van der Waals surface area contributed by atoms with Gasteiger partial charge in [0.25, 0.3) is 0 Å². The lowest BCUT2D eigenvalue weighted by Crippen LogP contribution is -2.17. The van der Waals surface area contributed by atoms with Gasteiger partial charge in [-0.15, -0.1) is 11.6 Å². The Bertz CT molecular complexity index is 590. The van der Waals surface area contributed by atoms with Gasteiger partial charge in [0, 0.05) is 11.1 Å². The Morgan fingerprint density at radius 3 is 3.11 bits per heavy atom. The Morgan fingerprint density at radius 1 is 1.58 bits per heavy atom. The maximum absolute atomic E-state index is 6.27. The molecule has 0 saturated carbocycles. The van der Waals surface area contributed by atoms with Gasteiger partial charge >= 0.3 is 0 Å². The van der Waals surface area contributed by atoms with E-state index in [0.717, 1.165) is 47.3 Å². The molecular formula is C14H16BrClN2O. The van der Waals surface area contributed by atoms with Gasteiger partial charge in [-0.25, -0.2) is 4.98 Å². The number of halogens is 2. The van der Waals surface area contributed by atoms with E-state index < -0.39 is 0 Å². The average molecular weight is 344 g/mol. The molecule has 1 aromatic heterocycles. The highest BCUT2D eigenvalue weighted by Gasteiger charge is 2.21. The van der Waals surface area contributed by atoms with Crippen LogP contribution in [0.3, 0.4) is 0 Å². The van der Waals surface area contributed by atoms with E-state index in [9.17, 15) is 0 Å². The third-order valence-corrected chi connectivity index (χ3v) is 4.19. The number of alkyl halides is 1. The predicted molar refractivity (Wildman–Crippen MR) is 80.7 cm³/mol. The van der Waals surface area contributed by atoms with Crippen molar-refractivity contribution >= 4 is 38.6 Å². The number of rotatable bonds is 3. The molecule has 0 spiro atoms. The van der Waals surface area contributed by atoms with Crippen LogP contribution in [0, 0.1) is 0 Å². The molecule has 0 radical (unpaired) electrons. The fourth-order valence-corrected chi connectivity index (χ4v) is 3.12. The molecule has 1 aliphatic heterocycles. The normalized spacial score (nSPS) is 21.1. The topological polar surface area (TPSA) is 27.1 Å². The Labute approximate surface area is 126 Å². The minimum absolute atomic E-state index is 0.104. The van der Waals surface area contributed by atoms with E-state index in [-0.39, 0.29) is 11.5 Å². The number of aromatic nitrogens is 2. The summed E-state index contributed by atoms with van der Waals surface area (Å²) >= 11 is 9.75. The first kappa shape index (κ1) is 13.4. The zero-order valence-electron chi connectivity index (χ0n) is 10.8. The highest BCUT2D eigenvalue weighted by molar-refractivity contribution is 9.10. The second-order valence-electron chi connectivity index (χ2n) is 4.96. The first-order valence-corrected chi connectivity index (χ1v) is 7.79. The molecule has 2 atom stereocenters. The van der Waals surface area contributed by atoms with E-state index in [1.807, 2.05) is 19.1 Å².